The molecule has 3 fully saturated rings. The van der Waals surface area contributed by atoms with Gasteiger partial charge in [-0.1, -0.05) is 12.8 Å². The van der Waals surface area contributed by atoms with E-state index in [2.05, 4.69) is 10.6 Å². The first-order valence-electron chi connectivity index (χ1n) is 13.3. The maximum atomic E-state index is 13.7. The number of hydrogen-bond donors (Lipinski definition) is 2. The largest absolute Gasteiger partial charge is 0.548 e. The highest BCUT2D eigenvalue weighted by Crippen LogP contribution is 2.36. The standard InChI is InChI=1S/C26H34N4O10/c1-39-13-21(31)27-14-9-18(25(35)36)29(11-14)23(33)16-5-2-3-6-17(16)24(34)30-12-15(10-19(30)26(37)38)28-22(32)20-7-4-8-40-20/h4,7-8,14-19H,2-3,5-6,9-13H2,1H3,(H,27,31)(H,28,32)(H,35,36)(H,37,38)/p-2/t14-,15-,16+,17+,18-,19-/m0/s1. The highest BCUT2D eigenvalue weighted by atomic mass is 16.5. The number of methoxy groups -OCH3 is 1. The van der Waals surface area contributed by atoms with Crippen LogP contribution < -0.4 is 20.8 Å². The smallest absolute Gasteiger partial charge is 0.287 e. The van der Waals surface area contributed by atoms with E-state index in [0.717, 1.165) is 9.80 Å². The lowest BCUT2D eigenvalue weighted by Gasteiger charge is -2.37. The Morgan fingerprint density at radius 3 is 1.88 bits per heavy atom. The van der Waals surface area contributed by atoms with Gasteiger partial charge in [-0.05, 0) is 37.8 Å². The second kappa shape index (κ2) is 12.5. The number of nitrogens with zero attached hydrogens (tertiary/aromatic N) is 2. The third kappa shape index (κ3) is 6.27. The van der Waals surface area contributed by atoms with Crippen LogP contribution in [0.2, 0.25) is 0 Å². The van der Waals surface area contributed by atoms with E-state index in [1.807, 2.05) is 0 Å². The number of rotatable bonds is 9. The fourth-order valence-corrected chi connectivity index (χ4v) is 6.03. The summed E-state index contributed by atoms with van der Waals surface area (Å²) >= 11 is 0. The van der Waals surface area contributed by atoms with Crippen molar-refractivity contribution in [1.82, 2.24) is 20.4 Å². The Kier molecular flexibility index (Phi) is 9.07. The van der Waals surface area contributed by atoms with Gasteiger partial charge in [0.25, 0.3) is 5.91 Å². The highest BCUT2D eigenvalue weighted by Gasteiger charge is 2.47. The first kappa shape index (κ1) is 29.1. The van der Waals surface area contributed by atoms with Crippen LogP contribution in [0.4, 0.5) is 0 Å². The van der Waals surface area contributed by atoms with Crippen LogP contribution in [0, 0.1) is 11.8 Å². The summed E-state index contributed by atoms with van der Waals surface area (Å²) in [5, 5.41) is 29.1. The van der Waals surface area contributed by atoms with Crippen LogP contribution in [0.1, 0.15) is 49.1 Å². The van der Waals surface area contributed by atoms with Crippen LogP contribution in [0.25, 0.3) is 0 Å². The van der Waals surface area contributed by atoms with E-state index in [-0.39, 0.29) is 38.3 Å². The van der Waals surface area contributed by atoms with Crippen LogP contribution in [0.5, 0.6) is 0 Å². The molecule has 218 valence electrons. The average Bonchev–Trinajstić information content (AvgIpc) is 3.68. The summed E-state index contributed by atoms with van der Waals surface area (Å²) in [4.78, 5) is 77.9. The van der Waals surface area contributed by atoms with E-state index in [0.29, 0.717) is 25.7 Å². The molecule has 1 aliphatic carbocycles. The Balaban J connectivity index is 1.48. The number of likely N-dealkylation sites (tertiary alicyclic amines) is 2. The second-order valence-corrected chi connectivity index (χ2v) is 10.5. The topological polar surface area (TPSA) is 201 Å². The van der Waals surface area contributed by atoms with Gasteiger partial charge in [0.1, 0.15) is 6.61 Å². The van der Waals surface area contributed by atoms with Crippen molar-refractivity contribution in [3.05, 3.63) is 24.2 Å². The molecule has 14 nitrogen and oxygen atoms in total. The van der Waals surface area contributed by atoms with Gasteiger partial charge in [-0.25, -0.2) is 0 Å². The number of amides is 4. The highest BCUT2D eigenvalue weighted by molar-refractivity contribution is 5.93. The predicted molar refractivity (Wildman–Crippen MR) is 129 cm³/mol. The van der Waals surface area contributed by atoms with Crippen molar-refractivity contribution in [2.45, 2.75) is 62.7 Å². The lowest BCUT2D eigenvalue weighted by Crippen LogP contribution is -2.54. The van der Waals surface area contributed by atoms with E-state index >= 15 is 0 Å². The fourth-order valence-electron chi connectivity index (χ4n) is 6.03. The molecule has 40 heavy (non-hydrogen) atoms. The van der Waals surface area contributed by atoms with Gasteiger partial charge in [-0.2, -0.15) is 0 Å². The van der Waals surface area contributed by atoms with Gasteiger partial charge >= 0.3 is 0 Å². The molecule has 6 atom stereocenters. The zero-order chi connectivity index (χ0) is 29.0. The maximum absolute atomic E-state index is 13.7. The molecular weight excluding hydrogens is 528 g/mol. The molecular formula is C26H32N4O10-2. The summed E-state index contributed by atoms with van der Waals surface area (Å²) < 4.78 is 9.85. The molecule has 0 bridgehead atoms. The van der Waals surface area contributed by atoms with Crippen molar-refractivity contribution in [2.75, 3.05) is 26.8 Å². The first-order chi connectivity index (χ1) is 19.1. The molecule has 4 rings (SSSR count). The summed E-state index contributed by atoms with van der Waals surface area (Å²) in [6.45, 7) is -0.394. The summed E-state index contributed by atoms with van der Waals surface area (Å²) in [5.74, 6) is -6.79. The van der Waals surface area contributed by atoms with Gasteiger partial charge in [-0.15, -0.1) is 0 Å². The van der Waals surface area contributed by atoms with Crippen molar-refractivity contribution in [3.8, 4) is 0 Å². The van der Waals surface area contributed by atoms with Crippen LogP contribution in [0.15, 0.2) is 22.8 Å². The Labute approximate surface area is 230 Å². The number of nitrogens with one attached hydrogen (secondary N) is 2. The zero-order valence-corrected chi connectivity index (χ0v) is 22.0. The van der Waals surface area contributed by atoms with Crippen molar-refractivity contribution in [1.29, 1.82) is 0 Å². The summed E-state index contributed by atoms with van der Waals surface area (Å²) in [5.41, 5.74) is 0. The van der Waals surface area contributed by atoms with Gasteiger partial charge in [0.15, 0.2) is 5.76 Å². The van der Waals surface area contributed by atoms with Crippen molar-refractivity contribution in [3.63, 3.8) is 0 Å². The summed E-state index contributed by atoms with van der Waals surface area (Å²) in [7, 11) is 1.34. The molecule has 14 heteroatoms. The maximum Gasteiger partial charge on any atom is 0.287 e. The number of carbonyl (C=O) groups is 6. The van der Waals surface area contributed by atoms with Crippen molar-refractivity contribution in [2.24, 2.45) is 11.8 Å². The minimum absolute atomic E-state index is 0.0394. The molecule has 2 N–H and O–H groups in total. The number of carbonyl (C=O) groups excluding carboxylic acids is 6. The zero-order valence-electron chi connectivity index (χ0n) is 22.0. The van der Waals surface area contributed by atoms with E-state index in [1.165, 1.54) is 25.5 Å². The normalized spacial score (nSPS) is 28.2. The molecule has 1 saturated carbocycles. The van der Waals surface area contributed by atoms with Crippen LogP contribution in [0.3, 0.4) is 0 Å². The SMILES string of the molecule is COCC(=O)N[C@H]1C[C@@H](C(=O)[O-])N(C(=O)[C@@H]2CCCC[C@H]2C(=O)N2C[C@@H](NC(=O)c3ccco3)C[C@H]2C(=O)[O-])C1. The summed E-state index contributed by atoms with van der Waals surface area (Å²) in [6, 6.07) is -0.929. The third-order valence-electron chi connectivity index (χ3n) is 7.83. The Bertz CT molecular complexity index is 1140. The monoisotopic (exact) mass is 560 g/mol. The van der Waals surface area contributed by atoms with Gasteiger partial charge in [0, 0.05) is 44.1 Å². The van der Waals surface area contributed by atoms with Gasteiger partial charge in [-0.3, -0.25) is 19.2 Å². The Hall–Kier alpha value is -3.94. The molecule has 0 radical (unpaired) electrons. The molecule has 4 amide bonds. The van der Waals surface area contributed by atoms with E-state index in [1.54, 1.807) is 0 Å². The van der Waals surface area contributed by atoms with E-state index in [4.69, 9.17) is 9.15 Å². The first-order valence-corrected chi connectivity index (χ1v) is 13.3. The average molecular weight is 561 g/mol. The Morgan fingerprint density at radius 1 is 0.900 bits per heavy atom. The number of aliphatic carboxylic acids is 2. The predicted octanol–water partition coefficient (Wildman–Crippen LogP) is -2.98. The lowest BCUT2D eigenvalue weighted by molar-refractivity contribution is -0.312. The second-order valence-electron chi connectivity index (χ2n) is 10.5. The number of furan rings is 1. The van der Waals surface area contributed by atoms with Gasteiger partial charge in [0.2, 0.25) is 17.7 Å². The number of carboxylic acid groups (broad SMARTS) is 2. The molecule has 0 aromatic carbocycles. The van der Waals surface area contributed by atoms with Crippen LogP contribution in [-0.2, 0) is 28.7 Å². The molecule has 1 aromatic rings. The fraction of sp³-hybridized carbons (Fsp3) is 0.615. The minimum Gasteiger partial charge on any atom is -0.548 e. The van der Waals surface area contributed by atoms with Gasteiger partial charge < -0.3 is 49.4 Å². The third-order valence-corrected chi connectivity index (χ3v) is 7.83. The van der Waals surface area contributed by atoms with Crippen LogP contribution >= 0.6 is 0 Å². The molecule has 0 unspecified atom stereocenters. The molecule has 0 spiro atoms. The quantitative estimate of drug-likeness (QED) is 0.314. The van der Waals surface area contributed by atoms with E-state index in [9.17, 15) is 39.0 Å². The van der Waals surface area contributed by atoms with Crippen molar-refractivity contribution >= 4 is 35.6 Å². The number of ether oxygens (including phenoxy) is 1. The molecule has 1 aromatic heterocycles. The van der Waals surface area contributed by atoms with Crippen molar-refractivity contribution < 1.29 is 48.1 Å². The molecule has 2 aliphatic heterocycles. The molecule has 2 saturated heterocycles. The van der Waals surface area contributed by atoms with Crippen LogP contribution in [-0.4, -0.2) is 96.3 Å². The minimum atomic E-state index is -1.48. The summed E-state index contributed by atoms with van der Waals surface area (Å²) in [6.07, 6.45) is 3.08. The molecule has 3 heterocycles. The van der Waals surface area contributed by atoms with E-state index < -0.39 is 71.6 Å². The number of carboxylic acids is 2. The molecule has 3 aliphatic rings. The van der Waals surface area contributed by atoms with Gasteiger partial charge in [0.05, 0.1) is 30.3 Å². The Morgan fingerprint density at radius 2 is 1.43 bits per heavy atom. The number of hydrogen-bond acceptors (Lipinski definition) is 10. The lowest BCUT2D eigenvalue weighted by atomic mass is 9.77.